The Hall–Kier alpha value is -1.26. The second kappa shape index (κ2) is 5.38. The van der Waals surface area contributed by atoms with E-state index in [9.17, 15) is 9.59 Å². The first-order chi connectivity index (χ1) is 7.84. The van der Waals surface area contributed by atoms with E-state index < -0.39 is 11.9 Å². The van der Waals surface area contributed by atoms with Gasteiger partial charge >= 0.3 is 11.9 Å². The second-order valence-corrected chi connectivity index (χ2v) is 4.33. The predicted octanol–water partition coefficient (Wildman–Crippen LogP) is 3.26. The van der Waals surface area contributed by atoms with E-state index in [0.29, 0.717) is 0 Å². The highest BCUT2D eigenvalue weighted by Gasteiger charge is 2.22. The van der Waals surface area contributed by atoms with Crippen molar-refractivity contribution in [2.24, 2.45) is 0 Å². The first-order valence-electron chi connectivity index (χ1n) is 4.77. The van der Waals surface area contributed by atoms with Gasteiger partial charge in [0.1, 0.15) is 0 Å². The highest BCUT2D eigenvalue weighted by molar-refractivity contribution is 6.41. The molecule has 0 atom stereocenters. The van der Waals surface area contributed by atoms with E-state index in [1.54, 1.807) is 13.8 Å². The Morgan fingerprint density at radius 3 is 2.35 bits per heavy atom. The molecule has 0 unspecified atom stereocenters. The highest BCUT2D eigenvalue weighted by atomic mass is 35.5. The van der Waals surface area contributed by atoms with Crippen LogP contribution in [0.25, 0.3) is 0 Å². The monoisotopic (exact) mass is 276 g/mol. The molecule has 0 radical (unpaired) electrons. The molecule has 0 heterocycles. The maximum absolute atomic E-state index is 11.7. The normalized spacial score (nSPS) is 10.4. The largest absolute Gasteiger partial charge is 0.478 e. The van der Waals surface area contributed by atoms with E-state index in [-0.39, 0.29) is 27.3 Å². The molecule has 0 saturated heterocycles. The SMILES string of the molecule is CC(C)OC(=O)c1c(Cl)ccc(C(=O)O)c1Cl. The molecular formula is C11H10Cl2O4. The van der Waals surface area contributed by atoms with Gasteiger partial charge < -0.3 is 9.84 Å². The summed E-state index contributed by atoms with van der Waals surface area (Å²) in [7, 11) is 0. The molecule has 1 aromatic rings. The minimum atomic E-state index is -1.23. The molecule has 1 rings (SSSR count). The van der Waals surface area contributed by atoms with Gasteiger partial charge in [0.25, 0.3) is 0 Å². The highest BCUT2D eigenvalue weighted by Crippen LogP contribution is 2.29. The topological polar surface area (TPSA) is 63.6 Å². The number of carbonyl (C=O) groups is 2. The van der Waals surface area contributed by atoms with Crippen LogP contribution in [0.3, 0.4) is 0 Å². The molecule has 0 fully saturated rings. The number of hydrogen-bond acceptors (Lipinski definition) is 3. The van der Waals surface area contributed by atoms with E-state index >= 15 is 0 Å². The third-order valence-corrected chi connectivity index (χ3v) is 2.58. The van der Waals surface area contributed by atoms with Crippen LogP contribution >= 0.6 is 23.2 Å². The average Bonchev–Trinajstić information content (AvgIpc) is 2.15. The zero-order valence-electron chi connectivity index (χ0n) is 9.16. The van der Waals surface area contributed by atoms with Crippen LogP contribution in [0.5, 0.6) is 0 Å². The zero-order chi connectivity index (χ0) is 13.2. The van der Waals surface area contributed by atoms with Gasteiger partial charge in [-0.3, -0.25) is 0 Å². The Kier molecular flexibility index (Phi) is 4.37. The maximum Gasteiger partial charge on any atom is 0.341 e. The minimum Gasteiger partial charge on any atom is -0.478 e. The van der Waals surface area contributed by atoms with Crippen LogP contribution in [0, 0.1) is 0 Å². The lowest BCUT2D eigenvalue weighted by Crippen LogP contribution is -2.14. The van der Waals surface area contributed by atoms with Gasteiger partial charge in [0.05, 0.1) is 27.3 Å². The Morgan fingerprint density at radius 2 is 1.88 bits per heavy atom. The van der Waals surface area contributed by atoms with Crippen molar-refractivity contribution in [3.8, 4) is 0 Å². The lowest BCUT2D eigenvalue weighted by Gasteiger charge is -2.11. The molecule has 4 nitrogen and oxygen atoms in total. The molecule has 0 bridgehead atoms. The quantitative estimate of drug-likeness (QED) is 0.861. The molecule has 0 spiro atoms. The molecule has 6 heteroatoms. The lowest BCUT2D eigenvalue weighted by molar-refractivity contribution is 0.0378. The number of carbonyl (C=O) groups excluding carboxylic acids is 1. The number of aromatic carboxylic acids is 1. The molecule has 17 heavy (non-hydrogen) atoms. The van der Waals surface area contributed by atoms with Gasteiger partial charge in [-0.25, -0.2) is 9.59 Å². The van der Waals surface area contributed by atoms with Crippen LogP contribution in [-0.2, 0) is 4.74 Å². The molecule has 0 aromatic heterocycles. The van der Waals surface area contributed by atoms with Gasteiger partial charge in [-0.2, -0.15) is 0 Å². The summed E-state index contributed by atoms with van der Waals surface area (Å²) < 4.78 is 4.93. The van der Waals surface area contributed by atoms with Gasteiger partial charge in [-0.1, -0.05) is 23.2 Å². The van der Waals surface area contributed by atoms with Crippen LogP contribution in [0.15, 0.2) is 12.1 Å². The van der Waals surface area contributed by atoms with Gasteiger partial charge in [0.2, 0.25) is 0 Å². The van der Waals surface area contributed by atoms with Gasteiger partial charge in [0, 0.05) is 0 Å². The van der Waals surface area contributed by atoms with Crippen molar-refractivity contribution in [3.63, 3.8) is 0 Å². The van der Waals surface area contributed by atoms with E-state index in [4.69, 9.17) is 33.0 Å². The molecule has 0 aliphatic rings. The smallest absolute Gasteiger partial charge is 0.341 e. The predicted molar refractivity (Wildman–Crippen MR) is 64.0 cm³/mol. The molecule has 92 valence electrons. The molecule has 0 amide bonds. The van der Waals surface area contributed by atoms with E-state index in [2.05, 4.69) is 0 Å². The summed E-state index contributed by atoms with van der Waals surface area (Å²) in [6, 6.07) is 2.53. The summed E-state index contributed by atoms with van der Waals surface area (Å²) in [6.07, 6.45) is -0.344. The molecule has 1 N–H and O–H groups in total. The third-order valence-electron chi connectivity index (χ3n) is 1.87. The van der Waals surface area contributed by atoms with Crippen molar-refractivity contribution in [2.75, 3.05) is 0 Å². The number of ether oxygens (including phenoxy) is 1. The maximum atomic E-state index is 11.7. The van der Waals surface area contributed by atoms with Gasteiger partial charge in [0.15, 0.2) is 0 Å². The summed E-state index contributed by atoms with van der Waals surface area (Å²) >= 11 is 11.6. The van der Waals surface area contributed by atoms with Crippen LogP contribution in [-0.4, -0.2) is 23.1 Å². The molecule has 0 saturated carbocycles. The molecule has 0 aliphatic heterocycles. The lowest BCUT2D eigenvalue weighted by atomic mass is 10.1. The third kappa shape index (κ3) is 3.11. The fourth-order valence-corrected chi connectivity index (χ4v) is 1.78. The van der Waals surface area contributed by atoms with E-state index in [1.807, 2.05) is 0 Å². The fraction of sp³-hybridized carbons (Fsp3) is 0.273. The Bertz CT molecular complexity index is 469. The second-order valence-electron chi connectivity index (χ2n) is 3.54. The number of benzene rings is 1. The van der Waals surface area contributed by atoms with Crippen molar-refractivity contribution < 1.29 is 19.4 Å². The number of carboxylic acids is 1. The van der Waals surface area contributed by atoms with Crippen molar-refractivity contribution in [1.82, 2.24) is 0 Å². The zero-order valence-corrected chi connectivity index (χ0v) is 10.7. The van der Waals surface area contributed by atoms with E-state index in [1.165, 1.54) is 12.1 Å². The number of carboxylic acid groups (broad SMARTS) is 1. The Morgan fingerprint density at radius 1 is 1.29 bits per heavy atom. The average molecular weight is 277 g/mol. The van der Waals surface area contributed by atoms with Crippen molar-refractivity contribution in [3.05, 3.63) is 33.3 Å². The summed E-state index contributed by atoms with van der Waals surface area (Å²) in [6.45, 7) is 3.33. The summed E-state index contributed by atoms with van der Waals surface area (Å²) in [4.78, 5) is 22.5. The standard InChI is InChI=1S/C11H10Cl2O4/c1-5(2)17-11(16)8-7(12)4-3-6(9(8)13)10(14)15/h3-5H,1-2H3,(H,14,15). The van der Waals surface area contributed by atoms with Gasteiger partial charge in [-0.05, 0) is 26.0 Å². The van der Waals surface area contributed by atoms with Crippen molar-refractivity contribution in [1.29, 1.82) is 0 Å². The van der Waals surface area contributed by atoms with Crippen LogP contribution in [0.2, 0.25) is 10.0 Å². The molecular weight excluding hydrogens is 267 g/mol. The van der Waals surface area contributed by atoms with Crippen LogP contribution in [0.4, 0.5) is 0 Å². The fourth-order valence-electron chi connectivity index (χ4n) is 1.18. The summed E-state index contributed by atoms with van der Waals surface area (Å²) in [5, 5.41) is 8.71. The van der Waals surface area contributed by atoms with Crippen molar-refractivity contribution >= 4 is 35.1 Å². The minimum absolute atomic E-state index is 0.0608. The Balaban J connectivity index is 3.27. The summed E-state index contributed by atoms with van der Waals surface area (Å²) in [5.41, 5.74) is -0.311. The van der Waals surface area contributed by atoms with Crippen LogP contribution in [0.1, 0.15) is 34.6 Å². The number of rotatable bonds is 3. The summed E-state index contributed by atoms with van der Waals surface area (Å²) in [5.74, 6) is -1.97. The molecule has 0 aliphatic carbocycles. The number of hydrogen-bond donors (Lipinski definition) is 1. The Labute approximate surface area is 108 Å². The van der Waals surface area contributed by atoms with E-state index in [0.717, 1.165) is 0 Å². The number of halogens is 2. The van der Waals surface area contributed by atoms with Crippen LogP contribution < -0.4 is 0 Å². The first-order valence-corrected chi connectivity index (χ1v) is 5.52. The first kappa shape index (κ1) is 13.8. The van der Waals surface area contributed by atoms with Crippen molar-refractivity contribution in [2.45, 2.75) is 20.0 Å². The van der Waals surface area contributed by atoms with Gasteiger partial charge in [-0.15, -0.1) is 0 Å². The number of esters is 1. The molecule has 1 aromatic carbocycles.